The second kappa shape index (κ2) is 9.94. The summed E-state index contributed by atoms with van der Waals surface area (Å²) in [6.45, 7) is 2.26. The molecule has 27 heavy (non-hydrogen) atoms. The van der Waals surface area contributed by atoms with Crippen molar-refractivity contribution in [3.8, 4) is 5.75 Å². The topological polar surface area (TPSA) is 71.9 Å². The van der Waals surface area contributed by atoms with Crippen LogP contribution in [0.5, 0.6) is 5.75 Å². The summed E-state index contributed by atoms with van der Waals surface area (Å²) in [4.78, 5) is 25.2. The molecule has 2 atom stereocenters. The normalized spacial score (nSPS) is 12.7. The molecule has 0 saturated carbocycles. The zero-order chi connectivity index (χ0) is 19.8. The largest absolute Gasteiger partial charge is 0.497 e. The molecule has 0 saturated heterocycles. The highest BCUT2D eigenvalue weighted by Gasteiger charge is 2.17. The molecule has 0 spiro atoms. The minimum Gasteiger partial charge on any atom is -0.497 e. The summed E-state index contributed by atoms with van der Waals surface area (Å²) < 4.78 is 5.13. The van der Waals surface area contributed by atoms with Crippen LogP contribution >= 0.6 is 11.6 Å². The number of methoxy groups -OCH3 is 1. The van der Waals surface area contributed by atoms with E-state index in [0.717, 1.165) is 10.5 Å². The van der Waals surface area contributed by atoms with E-state index in [0.29, 0.717) is 16.5 Å². The number of likely N-dealkylation sites (N-methyl/N-ethyl adjacent to an activating group) is 1. The Morgan fingerprint density at radius 1 is 1.11 bits per heavy atom. The third-order valence-corrected chi connectivity index (χ3v) is 4.24. The summed E-state index contributed by atoms with van der Waals surface area (Å²) >= 11 is 5.98. The van der Waals surface area contributed by atoms with Gasteiger partial charge in [-0.05, 0) is 36.8 Å². The third-order valence-electron chi connectivity index (χ3n) is 4.00. The number of carbonyl (C=O) groups excluding carboxylic acids is 2. The molecule has 0 bridgehead atoms. The van der Waals surface area contributed by atoms with Crippen LogP contribution in [0, 0.1) is 0 Å². The first-order valence-electron chi connectivity index (χ1n) is 8.67. The van der Waals surface area contributed by atoms with Crippen LogP contribution in [0.3, 0.4) is 0 Å². The molecule has 0 heterocycles. The first-order chi connectivity index (χ1) is 12.9. The number of hydrogen-bond donors (Lipinski definition) is 3. The molecule has 0 aliphatic carbocycles. The summed E-state index contributed by atoms with van der Waals surface area (Å²) in [7, 11) is 3.37. The molecule has 3 N–H and O–H groups in total. The van der Waals surface area contributed by atoms with Crippen molar-refractivity contribution in [2.75, 3.05) is 32.6 Å². The van der Waals surface area contributed by atoms with Crippen LogP contribution < -0.4 is 20.3 Å². The molecule has 1 unspecified atom stereocenters. The first kappa shape index (κ1) is 20.7. The van der Waals surface area contributed by atoms with Crippen molar-refractivity contribution in [3.63, 3.8) is 0 Å². The molecule has 2 rings (SSSR count). The van der Waals surface area contributed by atoms with E-state index in [1.54, 1.807) is 44.5 Å². The minimum atomic E-state index is -0.170. The van der Waals surface area contributed by atoms with Crippen molar-refractivity contribution in [2.24, 2.45) is 0 Å². The highest BCUT2D eigenvalue weighted by molar-refractivity contribution is 6.30. The molecule has 0 aliphatic heterocycles. The van der Waals surface area contributed by atoms with E-state index in [2.05, 4.69) is 10.6 Å². The van der Waals surface area contributed by atoms with Gasteiger partial charge in [0.05, 0.1) is 20.2 Å². The Labute approximate surface area is 164 Å². The number of rotatable bonds is 8. The molecule has 2 amide bonds. The third kappa shape index (κ3) is 6.92. The standard InChI is InChI=1S/C20H24ClN3O3/c1-14(15-6-4-7-16(21)10-15)22-19(25)12-24(2)13-20(26)23-17-8-5-9-18(11-17)27-3/h4-11,14H,12-13H2,1-3H3,(H,22,25)(H,23,26)/p+1/t14-/m1/s1. The second-order valence-corrected chi connectivity index (χ2v) is 6.87. The summed E-state index contributed by atoms with van der Waals surface area (Å²) in [5, 5.41) is 6.36. The van der Waals surface area contributed by atoms with Crippen molar-refractivity contribution in [1.82, 2.24) is 5.32 Å². The van der Waals surface area contributed by atoms with E-state index in [1.165, 1.54) is 0 Å². The maximum atomic E-state index is 12.2. The van der Waals surface area contributed by atoms with Gasteiger partial charge in [0.25, 0.3) is 11.8 Å². The van der Waals surface area contributed by atoms with Crippen LogP contribution in [-0.4, -0.2) is 39.1 Å². The molecule has 7 heteroatoms. The number of ether oxygens (including phenoxy) is 1. The van der Waals surface area contributed by atoms with Crippen molar-refractivity contribution in [2.45, 2.75) is 13.0 Å². The van der Waals surface area contributed by atoms with Crippen LogP contribution in [0.1, 0.15) is 18.5 Å². The van der Waals surface area contributed by atoms with E-state index < -0.39 is 0 Å². The van der Waals surface area contributed by atoms with Gasteiger partial charge in [-0.15, -0.1) is 0 Å². The maximum absolute atomic E-state index is 12.2. The molecular weight excluding hydrogens is 366 g/mol. The number of benzene rings is 2. The predicted molar refractivity (Wildman–Crippen MR) is 106 cm³/mol. The average molecular weight is 391 g/mol. The summed E-state index contributed by atoms with van der Waals surface area (Å²) in [6.07, 6.45) is 0. The Balaban J connectivity index is 1.80. The molecule has 144 valence electrons. The van der Waals surface area contributed by atoms with Gasteiger partial charge in [0.2, 0.25) is 0 Å². The maximum Gasteiger partial charge on any atom is 0.279 e. The minimum absolute atomic E-state index is 0.130. The fraction of sp³-hybridized carbons (Fsp3) is 0.300. The molecule has 0 aliphatic rings. The van der Waals surface area contributed by atoms with Gasteiger partial charge in [-0.25, -0.2) is 0 Å². The van der Waals surface area contributed by atoms with E-state index in [-0.39, 0.29) is 30.9 Å². The number of quaternary nitrogens is 1. The molecule has 0 radical (unpaired) electrons. The van der Waals surface area contributed by atoms with Gasteiger partial charge in [-0.2, -0.15) is 0 Å². The number of carbonyl (C=O) groups is 2. The van der Waals surface area contributed by atoms with Gasteiger partial charge in [0.1, 0.15) is 5.75 Å². The van der Waals surface area contributed by atoms with Gasteiger partial charge in [-0.1, -0.05) is 29.8 Å². The molecule has 2 aromatic carbocycles. The predicted octanol–water partition coefficient (Wildman–Crippen LogP) is 1.68. The van der Waals surface area contributed by atoms with E-state index in [1.807, 2.05) is 25.1 Å². The van der Waals surface area contributed by atoms with Gasteiger partial charge >= 0.3 is 0 Å². The van der Waals surface area contributed by atoms with Crippen molar-refractivity contribution < 1.29 is 19.2 Å². The number of halogens is 1. The van der Waals surface area contributed by atoms with Crippen LogP contribution in [0.2, 0.25) is 5.02 Å². The lowest BCUT2D eigenvalue weighted by Gasteiger charge is -2.17. The summed E-state index contributed by atoms with van der Waals surface area (Å²) in [5.74, 6) is 0.369. The lowest BCUT2D eigenvalue weighted by atomic mass is 10.1. The lowest BCUT2D eigenvalue weighted by molar-refractivity contribution is -0.862. The van der Waals surface area contributed by atoms with Gasteiger partial charge in [0, 0.05) is 16.8 Å². The number of anilines is 1. The molecule has 2 aromatic rings. The van der Waals surface area contributed by atoms with Crippen molar-refractivity contribution >= 4 is 29.1 Å². The quantitative estimate of drug-likeness (QED) is 0.642. The Morgan fingerprint density at radius 2 is 1.81 bits per heavy atom. The number of hydrogen-bond acceptors (Lipinski definition) is 3. The van der Waals surface area contributed by atoms with Crippen molar-refractivity contribution in [1.29, 1.82) is 0 Å². The summed E-state index contributed by atoms with van der Waals surface area (Å²) in [6, 6.07) is 14.4. The van der Waals surface area contributed by atoms with Crippen LogP contribution in [-0.2, 0) is 9.59 Å². The van der Waals surface area contributed by atoms with Crippen LogP contribution in [0.4, 0.5) is 5.69 Å². The Kier molecular flexibility index (Phi) is 7.64. The highest BCUT2D eigenvalue weighted by atomic mass is 35.5. The fourth-order valence-corrected chi connectivity index (χ4v) is 2.87. The lowest BCUT2D eigenvalue weighted by Crippen LogP contribution is -3.11. The SMILES string of the molecule is COc1cccc(NC(=O)C[NH+](C)CC(=O)N[C@H](C)c2cccc(Cl)c2)c1. The zero-order valence-corrected chi connectivity index (χ0v) is 16.5. The second-order valence-electron chi connectivity index (χ2n) is 6.43. The van der Waals surface area contributed by atoms with Gasteiger partial charge in [0.15, 0.2) is 13.1 Å². The number of amides is 2. The van der Waals surface area contributed by atoms with E-state index in [9.17, 15) is 9.59 Å². The average Bonchev–Trinajstić information content (AvgIpc) is 2.61. The van der Waals surface area contributed by atoms with Crippen LogP contribution in [0.25, 0.3) is 0 Å². The van der Waals surface area contributed by atoms with E-state index in [4.69, 9.17) is 16.3 Å². The highest BCUT2D eigenvalue weighted by Crippen LogP contribution is 2.17. The Hall–Kier alpha value is -2.57. The number of nitrogens with one attached hydrogen (secondary N) is 3. The Morgan fingerprint density at radius 3 is 2.52 bits per heavy atom. The Bertz CT molecular complexity index is 798. The zero-order valence-electron chi connectivity index (χ0n) is 15.7. The smallest absolute Gasteiger partial charge is 0.279 e. The fourth-order valence-electron chi connectivity index (χ4n) is 2.67. The van der Waals surface area contributed by atoms with Gasteiger partial charge < -0.3 is 20.3 Å². The monoisotopic (exact) mass is 390 g/mol. The van der Waals surface area contributed by atoms with Crippen molar-refractivity contribution in [3.05, 3.63) is 59.1 Å². The first-order valence-corrected chi connectivity index (χ1v) is 9.05. The van der Waals surface area contributed by atoms with Gasteiger partial charge in [-0.3, -0.25) is 9.59 Å². The molecular formula is C20H25ClN3O3+. The molecule has 0 aromatic heterocycles. The molecule has 6 nitrogen and oxygen atoms in total. The van der Waals surface area contributed by atoms with Crippen LogP contribution in [0.15, 0.2) is 48.5 Å². The summed E-state index contributed by atoms with van der Waals surface area (Å²) in [5.41, 5.74) is 1.59. The molecule has 0 fully saturated rings. The van der Waals surface area contributed by atoms with E-state index >= 15 is 0 Å².